The summed E-state index contributed by atoms with van der Waals surface area (Å²) >= 11 is 0. The van der Waals surface area contributed by atoms with E-state index in [0.29, 0.717) is 12.1 Å². The van der Waals surface area contributed by atoms with Crippen LogP contribution in [0.25, 0.3) is 0 Å². The van der Waals surface area contributed by atoms with Crippen LogP contribution >= 0.6 is 0 Å². The highest BCUT2D eigenvalue weighted by atomic mass is 16.2. The summed E-state index contributed by atoms with van der Waals surface area (Å²) in [6, 6.07) is 0.747. The smallest absolute Gasteiger partial charge is 0.315 e. The third-order valence-electron chi connectivity index (χ3n) is 3.07. The van der Waals surface area contributed by atoms with Gasteiger partial charge in [-0.25, -0.2) is 4.79 Å². The number of carbonyl (C=O) groups excluding carboxylic acids is 1. The third kappa shape index (κ3) is 3.35. The molecule has 0 saturated carbocycles. The third-order valence-corrected chi connectivity index (χ3v) is 3.07. The number of amides is 2. The Labute approximate surface area is 90.4 Å². The summed E-state index contributed by atoms with van der Waals surface area (Å²) < 4.78 is 0. The zero-order valence-electron chi connectivity index (χ0n) is 9.01. The number of carbonyl (C=O) groups is 1. The highest BCUT2D eigenvalue weighted by molar-refractivity contribution is 5.74. The maximum Gasteiger partial charge on any atom is 0.315 e. The summed E-state index contributed by atoms with van der Waals surface area (Å²) in [5.74, 6) is 0. The van der Waals surface area contributed by atoms with Gasteiger partial charge in [-0.15, -0.1) is 0 Å². The molecule has 0 bridgehead atoms. The van der Waals surface area contributed by atoms with E-state index in [0.717, 1.165) is 32.6 Å². The summed E-state index contributed by atoms with van der Waals surface area (Å²) in [4.78, 5) is 11.5. The average Bonchev–Trinajstić information content (AvgIpc) is 2.86. The number of hydrogen-bond donors (Lipinski definition) is 4. The SMILES string of the molecule is O=C(NCC1CCCN1)NC1CCNC1. The van der Waals surface area contributed by atoms with Crippen molar-refractivity contribution < 1.29 is 4.79 Å². The lowest BCUT2D eigenvalue weighted by atomic mass is 10.2. The summed E-state index contributed by atoms with van der Waals surface area (Å²) in [5.41, 5.74) is 0. The van der Waals surface area contributed by atoms with E-state index in [2.05, 4.69) is 21.3 Å². The van der Waals surface area contributed by atoms with Gasteiger partial charge in [-0.05, 0) is 32.4 Å². The average molecular weight is 212 g/mol. The van der Waals surface area contributed by atoms with Gasteiger partial charge in [-0.3, -0.25) is 0 Å². The lowest BCUT2D eigenvalue weighted by Crippen LogP contribution is -2.46. The zero-order valence-corrected chi connectivity index (χ0v) is 9.01. The minimum Gasteiger partial charge on any atom is -0.337 e. The number of hydrogen-bond acceptors (Lipinski definition) is 3. The molecule has 0 aromatic carbocycles. The fourth-order valence-corrected chi connectivity index (χ4v) is 2.16. The maximum absolute atomic E-state index is 11.5. The highest BCUT2D eigenvalue weighted by Crippen LogP contribution is 2.03. The molecule has 15 heavy (non-hydrogen) atoms. The molecule has 2 saturated heterocycles. The summed E-state index contributed by atoms with van der Waals surface area (Å²) in [6.07, 6.45) is 3.43. The van der Waals surface area contributed by atoms with Crippen LogP contribution in [-0.4, -0.2) is 44.3 Å². The Hall–Kier alpha value is -0.810. The van der Waals surface area contributed by atoms with Gasteiger partial charge in [0.05, 0.1) is 0 Å². The molecule has 2 fully saturated rings. The Morgan fingerprint density at radius 2 is 2.27 bits per heavy atom. The standard InChI is InChI=1S/C10H20N4O/c15-10(14-9-3-5-11-6-9)13-7-8-2-1-4-12-8/h8-9,11-12H,1-7H2,(H2,13,14,15). The first kappa shape index (κ1) is 10.7. The molecule has 2 rings (SSSR count). The van der Waals surface area contributed by atoms with Crippen molar-refractivity contribution in [2.75, 3.05) is 26.2 Å². The van der Waals surface area contributed by atoms with Crippen molar-refractivity contribution >= 4 is 6.03 Å². The molecule has 2 aliphatic rings. The van der Waals surface area contributed by atoms with E-state index < -0.39 is 0 Å². The molecule has 0 aromatic rings. The van der Waals surface area contributed by atoms with Crippen LogP contribution < -0.4 is 21.3 Å². The molecule has 86 valence electrons. The molecule has 0 radical (unpaired) electrons. The van der Waals surface area contributed by atoms with Crippen molar-refractivity contribution in [1.82, 2.24) is 21.3 Å². The molecule has 0 aliphatic carbocycles. The Bertz CT molecular complexity index is 209. The molecule has 2 atom stereocenters. The van der Waals surface area contributed by atoms with Gasteiger partial charge in [-0.2, -0.15) is 0 Å². The van der Waals surface area contributed by atoms with Crippen molar-refractivity contribution in [3.63, 3.8) is 0 Å². The van der Waals surface area contributed by atoms with Crippen LogP contribution in [-0.2, 0) is 0 Å². The van der Waals surface area contributed by atoms with Gasteiger partial charge in [0.15, 0.2) is 0 Å². The van der Waals surface area contributed by atoms with Crippen LogP contribution in [0.15, 0.2) is 0 Å². The number of rotatable bonds is 3. The van der Waals surface area contributed by atoms with E-state index in [9.17, 15) is 4.79 Å². The van der Waals surface area contributed by atoms with Crippen molar-refractivity contribution in [2.24, 2.45) is 0 Å². The zero-order chi connectivity index (χ0) is 10.5. The van der Waals surface area contributed by atoms with Gasteiger partial charge in [0.2, 0.25) is 0 Å². The summed E-state index contributed by atoms with van der Waals surface area (Å²) in [6.45, 7) is 3.73. The van der Waals surface area contributed by atoms with E-state index in [4.69, 9.17) is 0 Å². The largest absolute Gasteiger partial charge is 0.337 e. The molecule has 2 heterocycles. The first-order valence-electron chi connectivity index (χ1n) is 5.83. The number of nitrogens with one attached hydrogen (secondary N) is 4. The van der Waals surface area contributed by atoms with Crippen molar-refractivity contribution in [2.45, 2.75) is 31.3 Å². The van der Waals surface area contributed by atoms with Gasteiger partial charge >= 0.3 is 6.03 Å². The Balaban J connectivity index is 1.59. The van der Waals surface area contributed by atoms with Gasteiger partial charge < -0.3 is 21.3 Å². The molecule has 0 aromatic heterocycles. The molecule has 2 unspecified atom stereocenters. The summed E-state index contributed by atoms with van der Waals surface area (Å²) in [7, 11) is 0. The maximum atomic E-state index is 11.5. The first-order valence-corrected chi connectivity index (χ1v) is 5.83. The monoisotopic (exact) mass is 212 g/mol. The van der Waals surface area contributed by atoms with E-state index in [-0.39, 0.29) is 6.03 Å². The fraction of sp³-hybridized carbons (Fsp3) is 0.900. The van der Waals surface area contributed by atoms with Crippen LogP contribution in [0.5, 0.6) is 0 Å². The fourth-order valence-electron chi connectivity index (χ4n) is 2.16. The Morgan fingerprint density at radius 3 is 2.93 bits per heavy atom. The van der Waals surface area contributed by atoms with Crippen LogP contribution in [0.2, 0.25) is 0 Å². The minimum atomic E-state index is -0.0302. The lowest BCUT2D eigenvalue weighted by Gasteiger charge is -2.15. The van der Waals surface area contributed by atoms with Crippen molar-refractivity contribution in [3.05, 3.63) is 0 Å². The molecule has 0 spiro atoms. The molecule has 5 nitrogen and oxygen atoms in total. The van der Waals surface area contributed by atoms with Gasteiger partial charge in [0, 0.05) is 25.2 Å². The highest BCUT2D eigenvalue weighted by Gasteiger charge is 2.18. The molecule has 2 aliphatic heterocycles. The second-order valence-electron chi connectivity index (χ2n) is 4.34. The quantitative estimate of drug-likeness (QED) is 0.505. The molecule has 2 amide bonds. The summed E-state index contributed by atoms with van der Waals surface area (Å²) in [5, 5.41) is 12.4. The van der Waals surface area contributed by atoms with E-state index in [1.807, 2.05) is 0 Å². The number of urea groups is 1. The van der Waals surface area contributed by atoms with E-state index in [1.165, 1.54) is 12.8 Å². The molecule has 4 N–H and O–H groups in total. The Morgan fingerprint density at radius 1 is 1.33 bits per heavy atom. The van der Waals surface area contributed by atoms with Gasteiger partial charge in [0.1, 0.15) is 0 Å². The van der Waals surface area contributed by atoms with Crippen LogP contribution in [0.3, 0.4) is 0 Å². The van der Waals surface area contributed by atoms with Crippen molar-refractivity contribution in [1.29, 1.82) is 0 Å². The molecular weight excluding hydrogens is 192 g/mol. The second kappa shape index (κ2) is 5.32. The van der Waals surface area contributed by atoms with Gasteiger partial charge in [-0.1, -0.05) is 0 Å². The van der Waals surface area contributed by atoms with Crippen LogP contribution in [0.4, 0.5) is 4.79 Å². The van der Waals surface area contributed by atoms with E-state index in [1.54, 1.807) is 0 Å². The lowest BCUT2D eigenvalue weighted by molar-refractivity contribution is 0.236. The van der Waals surface area contributed by atoms with Crippen LogP contribution in [0, 0.1) is 0 Å². The normalized spacial score (nSPS) is 30.4. The van der Waals surface area contributed by atoms with Crippen molar-refractivity contribution in [3.8, 4) is 0 Å². The van der Waals surface area contributed by atoms with Crippen LogP contribution in [0.1, 0.15) is 19.3 Å². The second-order valence-corrected chi connectivity index (χ2v) is 4.34. The predicted octanol–water partition coefficient (Wildman–Crippen LogP) is -0.600. The first-order chi connectivity index (χ1) is 7.34. The molecular formula is C10H20N4O. The Kier molecular flexibility index (Phi) is 3.80. The minimum absolute atomic E-state index is 0.0302. The predicted molar refractivity (Wildman–Crippen MR) is 58.8 cm³/mol. The van der Waals surface area contributed by atoms with Gasteiger partial charge in [0.25, 0.3) is 0 Å². The topological polar surface area (TPSA) is 65.2 Å². The van der Waals surface area contributed by atoms with E-state index >= 15 is 0 Å². The molecule has 5 heteroatoms.